The van der Waals surface area contributed by atoms with Crippen LogP contribution in [0.3, 0.4) is 0 Å². The predicted molar refractivity (Wildman–Crippen MR) is 98.8 cm³/mol. The normalized spacial score (nSPS) is 26.2. The maximum absolute atomic E-state index is 12.0. The molecule has 0 spiro atoms. The second-order valence-corrected chi connectivity index (χ2v) is 9.27. The van der Waals surface area contributed by atoms with Crippen molar-refractivity contribution in [3.8, 4) is 0 Å². The lowest BCUT2D eigenvalue weighted by Crippen LogP contribution is -2.59. The molecule has 1 aliphatic rings. The van der Waals surface area contributed by atoms with E-state index in [-0.39, 0.29) is 16.9 Å². The number of hydrogen-bond donors (Lipinski definition) is 0. The van der Waals surface area contributed by atoms with E-state index in [4.69, 9.17) is 4.74 Å². The third kappa shape index (κ3) is 4.18. The van der Waals surface area contributed by atoms with Crippen LogP contribution in [0.1, 0.15) is 60.5 Å². The highest BCUT2D eigenvalue weighted by atomic mass is 16.6. The monoisotopic (exact) mass is 331 g/mol. The number of ether oxygens (including phenoxy) is 1. The Morgan fingerprint density at radius 2 is 1.71 bits per heavy atom. The molecule has 2 rings (SSSR count). The van der Waals surface area contributed by atoms with Crippen LogP contribution in [-0.4, -0.2) is 29.5 Å². The highest BCUT2D eigenvalue weighted by molar-refractivity contribution is 5.67. The molecular formula is C21H33NO2. The molecule has 1 aromatic carbocycles. The first kappa shape index (κ1) is 19.0. The highest BCUT2D eigenvalue weighted by Gasteiger charge is 2.48. The molecule has 3 heteroatoms. The van der Waals surface area contributed by atoms with Gasteiger partial charge in [0.15, 0.2) is 0 Å². The average Bonchev–Trinajstić information content (AvgIpc) is 2.45. The van der Waals surface area contributed by atoms with E-state index < -0.39 is 5.60 Å². The van der Waals surface area contributed by atoms with E-state index in [1.807, 2.05) is 18.2 Å². The molecule has 1 saturated heterocycles. The number of piperidine rings is 1. The van der Waals surface area contributed by atoms with Crippen LogP contribution in [0.5, 0.6) is 0 Å². The summed E-state index contributed by atoms with van der Waals surface area (Å²) in [5.74, 6) is 0.243. The minimum absolute atomic E-state index is 0.0318. The zero-order valence-corrected chi connectivity index (χ0v) is 16.3. The Morgan fingerprint density at radius 1 is 1.12 bits per heavy atom. The fraction of sp³-hybridized carbons (Fsp3) is 0.667. The van der Waals surface area contributed by atoms with Crippen LogP contribution >= 0.6 is 0 Å². The van der Waals surface area contributed by atoms with Gasteiger partial charge in [0, 0.05) is 25.6 Å². The van der Waals surface area contributed by atoms with Crippen LogP contribution in [-0.2, 0) is 15.1 Å². The molecule has 24 heavy (non-hydrogen) atoms. The maximum Gasteiger partial charge on any atom is 0.303 e. The van der Waals surface area contributed by atoms with Crippen molar-refractivity contribution in [2.24, 2.45) is 11.3 Å². The first-order valence-electron chi connectivity index (χ1n) is 8.94. The van der Waals surface area contributed by atoms with Crippen LogP contribution in [0.25, 0.3) is 0 Å². The van der Waals surface area contributed by atoms with Gasteiger partial charge in [-0.2, -0.15) is 0 Å². The Labute approximate surface area is 147 Å². The molecular weight excluding hydrogens is 298 g/mol. The Hall–Kier alpha value is -1.35. The first-order chi connectivity index (χ1) is 10.9. The number of esters is 1. The van der Waals surface area contributed by atoms with Crippen molar-refractivity contribution >= 4 is 5.97 Å². The average molecular weight is 332 g/mol. The summed E-state index contributed by atoms with van der Waals surface area (Å²) in [4.78, 5) is 14.4. The van der Waals surface area contributed by atoms with Crippen molar-refractivity contribution in [2.45, 2.75) is 66.0 Å². The lowest BCUT2D eigenvalue weighted by atomic mass is 9.69. The van der Waals surface area contributed by atoms with Gasteiger partial charge in [-0.15, -0.1) is 0 Å². The molecule has 0 bridgehead atoms. The zero-order chi connectivity index (χ0) is 18.2. The maximum atomic E-state index is 12.0. The number of carbonyl (C=O) groups is 1. The van der Waals surface area contributed by atoms with E-state index in [0.717, 1.165) is 25.1 Å². The molecule has 1 aliphatic heterocycles. The number of carbonyl (C=O) groups excluding carboxylic acids is 1. The van der Waals surface area contributed by atoms with E-state index >= 15 is 0 Å². The molecule has 1 aromatic rings. The van der Waals surface area contributed by atoms with Gasteiger partial charge in [0.25, 0.3) is 0 Å². The van der Waals surface area contributed by atoms with E-state index in [0.29, 0.717) is 5.92 Å². The summed E-state index contributed by atoms with van der Waals surface area (Å²) >= 11 is 0. The van der Waals surface area contributed by atoms with Gasteiger partial charge in [-0.05, 0) is 44.1 Å². The van der Waals surface area contributed by atoms with Crippen molar-refractivity contribution in [2.75, 3.05) is 13.1 Å². The van der Waals surface area contributed by atoms with Crippen LogP contribution in [0.4, 0.5) is 0 Å². The smallest absolute Gasteiger partial charge is 0.303 e. The molecule has 0 amide bonds. The second kappa shape index (κ2) is 6.51. The predicted octanol–water partition coefficient (Wildman–Crippen LogP) is 4.61. The number of nitrogens with zero attached hydrogens (tertiary/aromatic N) is 1. The largest absolute Gasteiger partial charge is 0.453 e. The summed E-state index contributed by atoms with van der Waals surface area (Å²) in [6.45, 7) is 16.9. The molecule has 0 aromatic heterocycles. The van der Waals surface area contributed by atoms with Crippen molar-refractivity contribution in [3.05, 3.63) is 35.9 Å². The molecule has 2 atom stereocenters. The number of hydrogen-bond acceptors (Lipinski definition) is 3. The van der Waals surface area contributed by atoms with E-state index in [9.17, 15) is 4.79 Å². The summed E-state index contributed by atoms with van der Waals surface area (Å²) in [7, 11) is 0. The van der Waals surface area contributed by atoms with Gasteiger partial charge in [-0.1, -0.05) is 51.1 Å². The van der Waals surface area contributed by atoms with Gasteiger partial charge in [0.05, 0.1) is 0 Å². The minimum atomic E-state index is -0.573. The summed E-state index contributed by atoms with van der Waals surface area (Å²) in [5, 5.41) is 0. The first-order valence-corrected chi connectivity index (χ1v) is 8.94. The quantitative estimate of drug-likeness (QED) is 0.741. The Kier molecular flexibility index (Phi) is 5.15. The highest BCUT2D eigenvalue weighted by Crippen LogP contribution is 2.45. The van der Waals surface area contributed by atoms with Crippen molar-refractivity contribution in [1.29, 1.82) is 0 Å². The van der Waals surface area contributed by atoms with Crippen molar-refractivity contribution < 1.29 is 9.53 Å². The van der Waals surface area contributed by atoms with Gasteiger partial charge >= 0.3 is 5.97 Å². The fourth-order valence-electron chi connectivity index (χ4n) is 3.62. The van der Waals surface area contributed by atoms with E-state index in [1.54, 1.807) is 0 Å². The number of rotatable bonds is 2. The molecule has 1 fully saturated rings. The zero-order valence-electron chi connectivity index (χ0n) is 16.3. The van der Waals surface area contributed by atoms with Crippen LogP contribution in [0.2, 0.25) is 0 Å². The van der Waals surface area contributed by atoms with Crippen molar-refractivity contribution in [3.63, 3.8) is 0 Å². The molecule has 0 radical (unpaired) electrons. The minimum Gasteiger partial charge on any atom is -0.453 e. The van der Waals surface area contributed by atoms with Crippen LogP contribution < -0.4 is 0 Å². The summed E-state index contributed by atoms with van der Waals surface area (Å²) < 4.78 is 6.04. The Morgan fingerprint density at radius 3 is 2.17 bits per heavy atom. The molecule has 1 heterocycles. The fourth-order valence-corrected chi connectivity index (χ4v) is 3.62. The molecule has 0 saturated carbocycles. The SMILES string of the molecule is CC(=O)O[C@]1(c2ccccc2)C[C@H](C(C)(C)C)CN(C(C)(C)C)C1. The number of likely N-dealkylation sites (tertiary alicyclic amines) is 1. The summed E-state index contributed by atoms with van der Waals surface area (Å²) in [6, 6.07) is 10.3. The number of benzene rings is 1. The lowest BCUT2D eigenvalue weighted by molar-refractivity contribution is -0.175. The molecule has 3 nitrogen and oxygen atoms in total. The third-order valence-corrected chi connectivity index (χ3v) is 5.28. The Balaban J connectivity index is 2.52. The standard InChI is InChI=1S/C21H33NO2/c1-16(23)24-21(17-11-9-8-10-12-17)13-18(19(2,3)4)14-22(15-21)20(5,6)7/h8-12,18H,13-15H2,1-7H3/t18-,21+/m0/s1. The van der Waals surface area contributed by atoms with Crippen LogP contribution in [0.15, 0.2) is 30.3 Å². The molecule has 0 unspecified atom stereocenters. The summed E-state index contributed by atoms with van der Waals surface area (Å²) in [6.07, 6.45) is 0.868. The lowest BCUT2D eigenvalue weighted by Gasteiger charge is -2.53. The van der Waals surface area contributed by atoms with Crippen molar-refractivity contribution in [1.82, 2.24) is 4.90 Å². The van der Waals surface area contributed by atoms with E-state index in [1.165, 1.54) is 6.92 Å². The molecule has 0 aliphatic carbocycles. The van der Waals surface area contributed by atoms with E-state index in [2.05, 4.69) is 58.6 Å². The van der Waals surface area contributed by atoms with Crippen LogP contribution in [0, 0.1) is 11.3 Å². The van der Waals surface area contributed by atoms with Gasteiger partial charge in [-0.25, -0.2) is 0 Å². The van der Waals surface area contributed by atoms with Gasteiger partial charge in [-0.3, -0.25) is 9.69 Å². The van der Waals surface area contributed by atoms with Gasteiger partial charge < -0.3 is 4.74 Å². The second-order valence-electron chi connectivity index (χ2n) is 9.27. The Bertz CT molecular complexity index is 544. The summed E-state index contributed by atoms with van der Waals surface area (Å²) in [5.41, 5.74) is 0.716. The third-order valence-electron chi connectivity index (χ3n) is 5.28. The van der Waals surface area contributed by atoms with Gasteiger partial charge in [0.2, 0.25) is 0 Å². The topological polar surface area (TPSA) is 29.5 Å². The molecule has 0 N–H and O–H groups in total. The molecule has 134 valence electrons. The van der Waals surface area contributed by atoms with Gasteiger partial charge in [0.1, 0.15) is 5.60 Å².